The highest BCUT2D eigenvalue weighted by molar-refractivity contribution is 5.91. The molecule has 1 heterocycles. The zero-order valence-electron chi connectivity index (χ0n) is 18.5. The van der Waals surface area contributed by atoms with Crippen LogP contribution < -0.4 is 10.6 Å². The van der Waals surface area contributed by atoms with Crippen LogP contribution in [-0.2, 0) is 19.1 Å². The van der Waals surface area contributed by atoms with Crippen molar-refractivity contribution in [2.45, 2.75) is 43.7 Å². The topological polar surface area (TPSA) is 114 Å². The zero-order valence-corrected chi connectivity index (χ0v) is 18.5. The van der Waals surface area contributed by atoms with Gasteiger partial charge in [-0.1, -0.05) is 55.5 Å². The number of aliphatic carboxylic acids is 1. The third-order valence-corrected chi connectivity index (χ3v) is 6.39. The highest BCUT2D eigenvalue weighted by atomic mass is 16.6. The number of fused-ring (bicyclic) bond motifs is 3. The summed E-state index contributed by atoms with van der Waals surface area (Å²) in [6, 6.07) is 15.6. The number of ether oxygens (including phenoxy) is 2. The fourth-order valence-electron chi connectivity index (χ4n) is 4.56. The minimum atomic E-state index is -1.28. The van der Waals surface area contributed by atoms with Gasteiger partial charge in [-0.05, 0) is 28.7 Å². The van der Waals surface area contributed by atoms with Gasteiger partial charge in [0.25, 0.3) is 0 Å². The smallest absolute Gasteiger partial charge is 0.408 e. The van der Waals surface area contributed by atoms with Crippen molar-refractivity contribution in [3.8, 4) is 11.1 Å². The molecule has 2 aromatic rings. The van der Waals surface area contributed by atoms with Crippen LogP contribution in [0.15, 0.2) is 48.5 Å². The number of carboxylic acid groups (broad SMARTS) is 1. The predicted octanol–water partition coefficient (Wildman–Crippen LogP) is 3.05. The van der Waals surface area contributed by atoms with Crippen molar-refractivity contribution in [1.82, 2.24) is 10.6 Å². The van der Waals surface area contributed by atoms with E-state index >= 15 is 0 Å². The average Bonchev–Trinajstić information content (AvgIpc) is 3.40. The maximum Gasteiger partial charge on any atom is 0.408 e. The summed E-state index contributed by atoms with van der Waals surface area (Å²) in [6.07, 6.45) is -0.153. The van der Waals surface area contributed by atoms with Crippen molar-refractivity contribution >= 4 is 18.0 Å². The zero-order chi connectivity index (χ0) is 23.4. The van der Waals surface area contributed by atoms with Gasteiger partial charge in [0, 0.05) is 25.0 Å². The molecular formula is C25H28N2O6. The summed E-state index contributed by atoms with van der Waals surface area (Å²) in [5.41, 5.74) is 3.18. The Kier molecular flexibility index (Phi) is 6.65. The Morgan fingerprint density at radius 3 is 2.30 bits per heavy atom. The second kappa shape index (κ2) is 9.62. The molecule has 0 radical (unpaired) electrons. The third-order valence-electron chi connectivity index (χ3n) is 6.39. The molecule has 1 aliphatic carbocycles. The largest absolute Gasteiger partial charge is 0.481 e. The molecule has 2 amide bonds. The lowest BCUT2D eigenvalue weighted by Crippen LogP contribution is -2.61. The fraction of sp³-hybridized carbons (Fsp3) is 0.400. The highest BCUT2D eigenvalue weighted by Gasteiger charge is 2.45. The molecule has 1 fully saturated rings. The van der Waals surface area contributed by atoms with Crippen molar-refractivity contribution in [2.24, 2.45) is 0 Å². The predicted molar refractivity (Wildman–Crippen MR) is 121 cm³/mol. The van der Waals surface area contributed by atoms with Gasteiger partial charge in [0.2, 0.25) is 5.91 Å². The Morgan fingerprint density at radius 1 is 1.12 bits per heavy atom. The standard InChI is InChI=1S/C25H28N2O6/c1-2-16(13-22(28)29)26-23(30)25(11-12-32-15-25)27-24(31)33-14-21-19-9-5-3-7-17(19)18-8-4-6-10-20(18)21/h3-10,16,21H,2,11-15H2,1H3,(H,26,30)(H,27,31)(H,28,29)/t16-,25?/m0/s1. The number of hydrogen-bond acceptors (Lipinski definition) is 5. The first-order valence-electron chi connectivity index (χ1n) is 11.2. The monoisotopic (exact) mass is 452 g/mol. The number of alkyl carbamates (subject to hydrolysis) is 1. The van der Waals surface area contributed by atoms with E-state index in [1.54, 1.807) is 6.92 Å². The van der Waals surface area contributed by atoms with E-state index in [9.17, 15) is 14.4 Å². The van der Waals surface area contributed by atoms with Crippen LogP contribution in [0.1, 0.15) is 43.2 Å². The molecule has 0 bridgehead atoms. The molecule has 2 atom stereocenters. The molecule has 8 heteroatoms. The molecule has 4 rings (SSSR count). The maximum absolute atomic E-state index is 13.0. The minimum Gasteiger partial charge on any atom is -0.481 e. The number of rotatable bonds is 8. The molecule has 2 aliphatic rings. The molecular weight excluding hydrogens is 424 g/mol. The van der Waals surface area contributed by atoms with Crippen molar-refractivity contribution in [2.75, 3.05) is 19.8 Å². The average molecular weight is 453 g/mol. The van der Waals surface area contributed by atoms with Crippen LogP contribution >= 0.6 is 0 Å². The number of carboxylic acids is 1. The van der Waals surface area contributed by atoms with Crippen molar-refractivity contribution in [3.05, 3.63) is 59.7 Å². The third kappa shape index (κ3) is 4.71. The molecule has 1 aliphatic heterocycles. The van der Waals surface area contributed by atoms with Crippen molar-refractivity contribution in [3.63, 3.8) is 0 Å². The lowest BCUT2D eigenvalue weighted by molar-refractivity contribution is -0.138. The van der Waals surface area contributed by atoms with Crippen molar-refractivity contribution < 1.29 is 29.0 Å². The van der Waals surface area contributed by atoms with E-state index in [-0.39, 0.29) is 32.0 Å². The molecule has 3 N–H and O–H groups in total. The van der Waals surface area contributed by atoms with Gasteiger partial charge in [0.05, 0.1) is 13.0 Å². The lowest BCUT2D eigenvalue weighted by Gasteiger charge is -2.29. The SMILES string of the molecule is CC[C@@H](CC(=O)O)NC(=O)C1(NC(=O)OCC2c3ccccc3-c3ccccc32)CCOC1. The van der Waals surface area contributed by atoms with E-state index in [2.05, 4.69) is 22.8 Å². The van der Waals surface area contributed by atoms with Gasteiger partial charge in [-0.2, -0.15) is 0 Å². The normalized spacial score (nSPS) is 19.9. The van der Waals surface area contributed by atoms with Gasteiger partial charge in [-0.3, -0.25) is 9.59 Å². The summed E-state index contributed by atoms with van der Waals surface area (Å²) < 4.78 is 11.0. The number of amides is 2. The maximum atomic E-state index is 13.0. The van der Waals surface area contributed by atoms with E-state index < -0.39 is 29.6 Å². The number of carbonyl (C=O) groups is 3. The lowest BCUT2D eigenvalue weighted by atomic mass is 9.96. The summed E-state index contributed by atoms with van der Waals surface area (Å²) in [6.45, 7) is 2.25. The van der Waals surface area contributed by atoms with E-state index in [0.29, 0.717) is 13.0 Å². The van der Waals surface area contributed by atoms with Crippen LogP contribution in [0.4, 0.5) is 4.79 Å². The first-order chi connectivity index (χ1) is 15.9. The van der Waals surface area contributed by atoms with Gasteiger partial charge in [0.1, 0.15) is 12.1 Å². The molecule has 1 saturated heterocycles. The second-order valence-electron chi connectivity index (χ2n) is 8.51. The first kappa shape index (κ1) is 22.8. The number of benzene rings is 2. The van der Waals surface area contributed by atoms with Gasteiger partial charge in [-0.15, -0.1) is 0 Å². The summed E-state index contributed by atoms with van der Waals surface area (Å²) in [4.78, 5) is 36.8. The van der Waals surface area contributed by atoms with Crippen LogP contribution in [0.25, 0.3) is 11.1 Å². The molecule has 1 unspecified atom stereocenters. The van der Waals surface area contributed by atoms with Gasteiger partial charge >= 0.3 is 12.1 Å². The van der Waals surface area contributed by atoms with Crippen LogP contribution in [0.5, 0.6) is 0 Å². The summed E-state index contributed by atoms with van der Waals surface area (Å²) in [7, 11) is 0. The Labute approximate surface area is 192 Å². The van der Waals surface area contributed by atoms with E-state index in [0.717, 1.165) is 22.3 Å². The number of hydrogen-bond donors (Lipinski definition) is 3. The molecule has 2 aromatic carbocycles. The van der Waals surface area contributed by atoms with Gasteiger partial charge < -0.3 is 25.2 Å². The minimum absolute atomic E-state index is 0.00648. The highest BCUT2D eigenvalue weighted by Crippen LogP contribution is 2.44. The van der Waals surface area contributed by atoms with Crippen molar-refractivity contribution in [1.29, 1.82) is 0 Å². The molecule has 33 heavy (non-hydrogen) atoms. The fourth-order valence-corrected chi connectivity index (χ4v) is 4.56. The number of nitrogens with one attached hydrogen (secondary N) is 2. The first-order valence-corrected chi connectivity index (χ1v) is 11.2. The molecule has 0 aromatic heterocycles. The number of carbonyl (C=O) groups excluding carboxylic acids is 2. The molecule has 8 nitrogen and oxygen atoms in total. The Bertz CT molecular complexity index is 1000. The van der Waals surface area contributed by atoms with E-state index in [1.165, 1.54) is 0 Å². The van der Waals surface area contributed by atoms with E-state index in [4.69, 9.17) is 14.6 Å². The summed E-state index contributed by atoms with van der Waals surface area (Å²) in [5.74, 6) is -1.54. The Balaban J connectivity index is 1.43. The van der Waals surface area contributed by atoms with Crippen LogP contribution in [0.2, 0.25) is 0 Å². The molecule has 174 valence electrons. The molecule has 0 saturated carbocycles. The Hall–Kier alpha value is -3.39. The van der Waals surface area contributed by atoms with Gasteiger partial charge in [0.15, 0.2) is 0 Å². The van der Waals surface area contributed by atoms with E-state index in [1.807, 2.05) is 36.4 Å². The summed E-state index contributed by atoms with van der Waals surface area (Å²) >= 11 is 0. The second-order valence-corrected chi connectivity index (χ2v) is 8.51. The van der Waals surface area contributed by atoms with Gasteiger partial charge in [-0.25, -0.2) is 4.79 Å². The van der Waals surface area contributed by atoms with Crippen LogP contribution in [0, 0.1) is 0 Å². The van der Waals surface area contributed by atoms with Crippen LogP contribution in [0.3, 0.4) is 0 Å². The summed E-state index contributed by atoms with van der Waals surface area (Å²) in [5, 5.41) is 14.5. The quantitative estimate of drug-likeness (QED) is 0.567. The molecule has 0 spiro atoms. The van der Waals surface area contributed by atoms with Crippen LogP contribution in [-0.4, -0.2) is 54.5 Å². The Morgan fingerprint density at radius 2 is 1.76 bits per heavy atom.